The lowest BCUT2D eigenvalue weighted by Gasteiger charge is -2.41. The molecule has 1 rings (SSSR count). The van der Waals surface area contributed by atoms with Gasteiger partial charge in [0.25, 0.3) is 0 Å². The van der Waals surface area contributed by atoms with Crippen molar-refractivity contribution in [3.63, 3.8) is 0 Å². The second kappa shape index (κ2) is 7.26. The van der Waals surface area contributed by atoms with Gasteiger partial charge < -0.3 is 10.6 Å². The molecule has 1 heterocycles. The zero-order chi connectivity index (χ0) is 14.4. The van der Waals surface area contributed by atoms with Crippen LogP contribution in [0.25, 0.3) is 0 Å². The molecule has 3 heteroatoms. The number of likely N-dealkylation sites (tertiary alicyclic amines) is 1. The number of hydrogen-bond donors (Lipinski definition) is 1. The predicted molar refractivity (Wildman–Crippen MR) is 80.7 cm³/mol. The highest BCUT2D eigenvalue weighted by Gasteiger charge is 2.31. The van der Waals surface area contributed by atoms with Gasteiger partial charge in [-0.05, 0) is 57.2 Å². The number of nitriles is 1. The van der Waals surface area contributed by atoms with Gasteiger partial charge in [-0.1, -0.05) is 33.6 Å². The molecule has 0 aromatic carbocycles. The van der Waals surface area contributed by atoms with Gasteiger partial charge in [-0.2, -0.15) is 5.26 Å². The largest absolute Gasteiger partial charge is 0.313 e. The van der Waals surface area contributed by atoms with E-state index in [0.29, 0.717) is 5.41 Å². The molecular formula is C16H31N3. The van der Waals surface area contributed by atoms with Gasteiger partial charge in [-0.25, -0.2) is 0 Å². The minimum Gasteiger partial charge on any atom is -0.313 e. The molecule has 1 unspecified atom stereocenters. The first-order valence-electron chi connectivity index (χ1n) is 7.95. The Morgan fingerprint density at radius 1 is 1.21 bits per heavy atom. The quantitative estimate of drug-likeness (QED) is 0.768. The summed E-state index contributed by atoms with van der Waals surface area (Å²) >= 11 is 0. The van der Waals surface area contributed by atoms with Gasteiger partial charge >= 0.3 is 0 Å². The number of nitrogens with two attached hydrogens (primary N) is 1. The lowest BCUT2D eigenvalue weighted by Crippen LogP contribution is -2.41. The fourth-order valence-electron chi connectivity index (χ4n) is 3.14. The maximum atomic E-state index is 9.07. The molecule has 0 saturated carbocycles. The summed E-state index contributed by atoms with van der Waals surface area (Å²) in [5.74, 6) is 0. The molecule has 1 fully saturated rings. The van der Waals surface area contributed by atoms with Crippen molar-refractivity contribution >= 4 is 0 Å². The maximum absolute atomic E-state index is 9.07. The number of piperidine rings is 1. The Morgan fingerprint density at radius 3 is 2.21 bits per heavy atom. The van der Waals surface area contributed by atoms with E-state index >= 15 is 0 Å². The standard InChI is InChI=1S/C16H31N3/c1-4-15(5-2)9-12-19(13-10-15)11-7-8-16(18,6-3)14-17/h4-13,18H2,1-3H3. The van der Waals surface area contributed by atoms with Crippen LogP contribution < -0.4 is 5.73 Å². The second-order valence-corrected chi connectivity index (χ2v) is 6.27. The first kappa shape index (κ1) is 16.5. The van der Waals surface area contributed by atoms with Crippen molar-refractivity contribution in [1.29, 1.82) is 5.26 Å². The van der Waals surface area contributed by atoms with Crippen molar-refractivity contribution in [2.45, 2.75) is 71.3 Å². The van der Waals surface area contributed by atoms with Crippen LogP contribution in [0.5, 0.6) is 0 Å². The van der Waals surface area contributed by atoms with Crippen LogP contribution in [0.3, 0.4) is 0 Å². The van der Waals surface area contributed by atoms with Crippen molar-refractivity contribution < 1.29 is 0 Å². The number of nitrogens with zero attached hydrogens (tertiary/aromatic N) is 2. The summed E-state index contributed by atoms with van der Waals surface area (Å²) in [6.45, 7) is 10.2. The fraction of sp³-hybridized carbons (Fsp3) is 0.938. The van der Waals surface area contributed by atoms with Gasteiger partial charge in [0.05, 0.1) is 6.07 Å². The molecule has 1 saturated heterocycles. The average molecular weight is 265 g/mol. The Kier molecular flexibility index (Phi) is 6.29. The van der Waals surface area contributed by atoms with Crippen LogP contribution >= 0.6 is 0 Å². The van der Waals surface area contributed by atoms with Crippen LogP contribution in [-0.4, -0.2) is 30.1 Å². The highest BCUT2D eigenvalue weighted by Crippen LogP contribution is 2.37. The summed E-state index contributed by atoms with van der Waals surface area (Å²) < 4.78 is 0. The van der Waals surface area contributed by atoms with E-state index in [1.54, 1.807) is 0 Å². The normalized spacial score (nSPS) is 22.7. The summed E-state index contributed by atoms with van der Waals surface area (Å²) in [5.41, 5.74) is 6.02. The van der Waals surface area contributed by atoms with Crippen molar-refractivity contribution in [1.82, 2.24) is 4.90 Å². The molecular weight excluding hydrogens is 234 g/mol. The molecule has 0 amide bonds. The number of hydrogen-bond acceptors (Lipinski definition) is 3. The Labute approximate surface area is 119 Å². The van der Waals surface area contributed by atoms with Gasteiger partial charge in [0, 0.05) is 0 Å². The van der Waals surface area contributed by atoms with E-state index in [-0.39, 0.29) is 0 Å². The summed E-state index contributed by atoms with van der Waals surface area (Å²) in [4.78, 5) is 2.55. The number of rotatable bonds is 7. The van der Waals surface area contributed by atoms with Gasteiger partial charge in [0.2, 0.25) is 0 Å². The van der Waals surface area contributed by atoms with Gasteiger partial charge in [-0.3, -0.25) is 0 Å². The molecule has 110 valence electrons. The summed E-state index contributed by atoms with van der Waals surface area (Å²) in [6, 6.07) is 2.26. The van der Waals surface area contributed by atoms with Gasteiger partial charge in [0.15, 0.2) is 0 Å². The first-order valence-corrected chi connectivity index (χ1v) is 7.95. The summed E-state index contributed by atoms with van der Waals surface area (Å²) in [6.07, 6.45) is 7.91. The van der Waals surface area contributed by atoms with Crippen molar-refractivity contribution in [2.75, 3.05) is 19.6 Å². The molecule has 2 N–H and O–H groups in total. The van der Waals surface area contributed by atoms with Crippen LogP contribution in [0.1, 0.15) is 65.7 Å². The third-order valence-corrected chi connectivity index (χ3v) is 5.37. The van der Waals surface area contributed by atoms with E-state index < -0.39 is 5.54 Å². The van der Waals surface area contributed by atoms with Crippen LogP contribution in [0.4, 0.5) is 0 Å². The zero-order valence-corrected chi connectivity index (χ0v) is 13.0. The molecule has 19 heavy (non-hydrogen) atoms. The van der Waals surface area contributed by atoms with Gasteiger partial charge in [0.1, 0.15) is 5.54 Å². The first-order chi connectivity index (χ1) is 9.03. The van der Waals surface area contributed by atoms with Crippen LogP contribution in [0, 0.1) is 16.7 Å². The van der Waals surface area contributed by atoms with E-state index in [1.165, 1.54) is 38.8 Å². The van der Waals surface area contributed by atoms with E-state index in [1.807, 2.05) is 6.92 Å². The Morgan fingerprint density at radius 2 is 1.79 bits per heavy atom. The molecule has 3 nitrogen and oxygen atoms in total. The van der Waals surface area contributed by atoms with E-state index in [0.717, 1.165) is 25.8 Å². The molecule has 1 aliphatic rings. The highest BCUT2D eigenvalue weighted by atomic mass is 15.1. The SMILES string of the molecule is CCC(N)(C#N)CCCN1CCC(CC)(CC)CC1. The topological polar surface area (TPSA) is 53.1 Å². The maximum Gasteiger partial charge on any atom is 0.104 e. The van der Waals surface area contributed by atoms with Crippen LogP contribution in [0.2, 0.25) is 0 Å². The highest BCUT2D eigenvalue weighted by molar-refractivity contribution is 5.03. The molecule has 0 aromatic heterocycles. The minimum atomic E-state index is -0.605. The lowest BCUT2D eigenvalue weighted by molar-refractivity contribution is 0.0934. The Bertz CT molecular complexity index is 294. The molecule has 0 spiro atoms. The molecule has 1 atom stereocenters. The molecule has 1 aliphatic heterocycles. The third-order valence-electron chi connectivity index (χ3n) is 5.37. The van der Waals surface area contributed by atoms with Gasteiger partial charge in [-0.15, -0.1) is 0 Å². The van der Waals surface area contributed by atoms with Crippen LogP contribution in [0.15, 0.2) is 0 Å². The monoisotopic (exact) mass is 265 g/mol. The van der Waals surface area contributed by atoms with Crippen molar-refractivity contribution in [3.05, 3.63) is 0 Å². The van der Waals surface area contributed by atoms with Crippen molar-refractivity contribution in [3.8, 4) is 6.07 Å². The smallest absolute Gasteiger partial charge is 0.104 e. The Balaban J connectivity index is 2.29. The van der Waals surface area contributed by atoms with E-state index in [9.17, 15) is 0 Å². The fourth-order valence-corrected chi connectivity index (χ4v) is 3.14. The predicted octanol–water partition coefficient (Wildman–Crippen LogP) is 3.30. The van der Waals surface area contributed by atoms with E-state index in [2.05, 4.69) is 24.8 Å². The lowest BCUT2D eigenvalue weighted by atomic mass is 9.74. The molecule has 0 radical (unpaired) electrons. The second-order valence-electron chi connectivity index (χ2n) is 6.27. The Hall–Kier alpha value is -0.590. The summed E-state index contributed by atoms with van der Waals surface area (Å²) in [5, 5.41) is 9.07. The zero-order valence-electron chi connectivity index (χ0n) is 13.0. The average Bonchev–Trinajstić information content (AvgIpc) is 2.48. The minimum absolute atomic E-state index is 0.601. The molecule has 0 bridgehead atoms. The summed E-state index contributed by atoms with van der Waals surface area (Å²) in [7, 11) is 0. The van der Waals surface area contributed by atoms with Crippen LogP contribution in [-0.2, 0) is 0 Å². The third kappa shape index (κ3) is 4.47. The van der Waals surface area contributed by atoms with Crippen molar-refractivity contribution in [2.24, 2.45) is 11.1 Å². The molecule has 0 aromatic rings. The van der Waals surface area contributed by atoms with E-state index in [4.69, 9.17) is 11.0 Å². The molecule has 0 aliphatic carbocycles.